The van der Waals surface area contributed by atoms with Crippen LogP contribution in [0.25, 0.3) is 5.69 Å². The molecule has 0 bridgehead atoms. The van der Waals surface area contributed by atoms with Gasteiger partial charge in [0.15, 0.2) is 5.11 Å². The molecule has 0 saturated carbocycles. The van der Waals surface area contributed by atoms with E-state index >= 15 is 0 Å². The van der Waals surface area contributed by atoms with Crippen molar-refractivity contribution in [2.75, 3.05) is 0 Å². The van der Waals surface area contributed by atoms with Crippen LogP contribution >= 0.6 is 12.2 Å². The zero-order chi connectivity index (χ0) is 23.1. The molecular weight excluding hydrogens is 428 g/mol. The number of hydrogen-bond acceptors (Lipinski definition) is 3. The molecular formula is C27H28N4OS. The smallest absolute Gasteiger partial charge is 0.170 e. The third-order valence-electron chi connectivity index (χ3n) is 6.71. The summed E-state index contributed by atoms with van der Waals surface area (Å²) in [5, 5.41) is 4.25. The van der Waals surface area contributed by atoms with Crippen LogP contribution in [-0.4, -0.2) is 19.6 Å². The highest BCUT2D eigenvalue weighted by Crippen LogP contribution is 2.42. The highest BCUT2D eigenvalue weighted by Gasteiger charge is 2.41. The number of nitrogens with zero attached hydrogens (tertiary/aromatic N) is 3. The molecule has 4 heterocycles. The van der Waals surface area contributed by atoms with Crippen LogP contribution < -0.4 is 5.32 Å². The maximum absolute atomic E-state index is 5.82. The van der Waals surface area contributed by atoms with Gasteiger partial charge in [0.25, 0.3) is 0 Å². The Hall–Kier alpha value is -3.38. The zero-order valence-corrected chi connectivity index (χ0v) is 20.2. The molecule has 0 amide bonds. The summed E-state index contributed by atoms with van der Waals surface area (Å²) in [6.45, 7) is 9.32. The van der Waals surface area contributed by atoms with Gasteiger partial charge in [0.2, 0.25) is 0 Å². The van der Waals surface area contributed by atoms with Crippen molar-refractivity contribution in [2.45, 2.75) is 46.3 Å². The Balaban J connectivity index is 1.65. The monoisotopic (exact) mass is 456 g/mol. The van der Waals surface area contributed by atoms with Crippen LogP contribution in [0.2, 0.25) is 0 Å². The Bertz CT molecular complexity index is 1290. The second kappa shape index (κ2) is 8.52. The van der Waals surface area contributed by atoms with Crippen LogP contribution in [0, 0.1) is 27.7 Å². The lowest BCUT2D eigenvalue weighted by Gasteiger charge is -2.27. The first kappa shape index (κ1) is 21.5. The number of thiocarbonyl (C=S) groups is 1. The summed E-state index contributed by atoms with van der Waals surface area (Å²) >= 11 is 5.82. The molecule has 1 fully saturated rings. The summed E-state index contributed by atoms with van der Waals surface area (Å²) in [6.07, 6.45) is 3.55. The molecule has 0 spiro atoms. The van der Waals surface area contributed by atoms with Gasteiger partial charge in [-0.2, -0.15) is 0 Å². The number of benzene rings is 1. The molecule has 0 aliphatic carbocycles. The van der Waals surface area contributed by atoms with Crippen molar-refractivity contribution in [3.63, 3.8) is 0 Å². The minimum absolute atomic E-state index is 0.0115. The van der Waals surface area contributed by atoms with Crippen molar-refractivity contribution in [3.8, 4) is 5.69 Å². The van der Waals surface area contributed by atoms with Crippen molar-refractivity contribution < 1.29 is 4.42 Å². The largest absolute Gasteiger partial charge is 0.467 e. The van der Waals surface area contributed by atoms with Crippen LogP contribution in [0.3, 0.4) is 0 Å². The third-order valence-corrected chi connectivity index (χ3v) is 7.06. The molecule has 1 saturated heterocycles. The average Bonchev–Trinajstić information content (AvgIpc) is 3.51. The van der Waals surface area contributed by atoms with Gasteiger partial charge in [-0.05, 0) is 93.0 Å². The second-order valence-corrected chi connectivity index (χ2v) is 9.10. The Kier molecular flexibility index (Phi) is 5.54. The minimum Gasteiger partial charge on any atom is -0.467 e. The number of pyridine rings is 1. The number of furan rings is 1. The van der Waals surface area contributed by atoms with E-state index in [9.17, 15) is 0 Å². The molecule has 1 aromatic carbocycles. The van der Waals surface area contributed by atoms with Crippen molar-refractivity contribution in [1.82, 2.24) is 19.8 Å². The van der Waals surface area contributed by atoms with E-state index in [4.69, 9.17) is 16.6 Å². The van der Waals surface area contributed by atoms with E-state index < -0.39 is 0 Å². The number of nitrogens with one attached hydrogen (secondary N) is 1. The lowest BCUT2D eigenvalue weighted by Crippen LogP contribution is -2.29. The first-order valence-electron chi connectivity index (χ1n) is 11.2. The lowest BCUT2D eigenvalue weighted by atomic mass is 9.96. The van der Waals surface area contributed by atoms with Crippen molar-refractivity contribution in [1.29, 1.82) is 0 Å². The van der Waals surface area contributed by atoms with Gasteiger partial charge in [0.05, 0.1) is 30.6 Å². The summed E-state index contributed by atoms with van der Waals surface area (Å²) in [5.74, 6) is 0.883. The number of rotatable bonds is 5. The summed E-state index contributed by atoms with van der Waals surface area (Å²) < 4.78 is 8.04. The molecule has 0 radical (unpaired) electrons. The van der Waals surface area contributed by atoms with Gasteiger partial charge in [0, 0.05) is 23.3 Å². The molecule has 6 heteroatoms. The van der Waals surface area contributed by atoms with Gasteiger partial charge in [-0.25, -0.2) is 0 Å². The molecule has 2 atom stereocenters. The van der Waals surface area contributed by atoms with Crippen molar-refractivity contribution in [3.05, 3.63) is 107 Å². The molecule has 1 aliphatic rings. The maximum atomic E-state index is 5.82. The normalized spacial score (nSPS) is 18.1. The highest BCUT2D eigenvalue weighted by atomic mass is 32.1. The van der Waals surface area contributed by atoms with E-state index in [1.807, 2.05) is 30.5 Å². The van der Waals surface area contributed by atoms with Crippen molar-refractivity contribution >= 4 is 17.3 Å². The summed E-state index contributed by atoms with van der Waals surface area (Å²) in [6, 6.07) is 18.7. The molecule has 1 aliphatic heterocycles. The lowest BCUT2D eigenvalue weighted by molar-refractivity contribution is 0.286. The predicted octanol–water partition coefficient (Wildman–Crippen LogP) is 5.87. The SMILES string of the molecule is Cc1cccc(-n2c(C)cc([C@H]3[C@@H](c4ccccn4)NC(=S)N3Cc3ccco3)c2C)c1C. The van der Waals surface area contributed by atoms with Crippen LogP contribution in [-0.2, 0) is 6.54 Å². The zero-order valence-electron chi connectivity index (χ0n) is 19.4. The molecule has 1 N–H and O–H groups in total. The molecule has 4 aromatic rings. The molecule has 5 rings (SSSR count). The summed E-state index contributed by atoms with van der Waals surface area (Å²) in [5.41, 5.74) is 8.42. The minimum atomic E-state index is -0.0544. The molecule has 33 heavy (non-hydrogen) atoms. The van der Waals surface area contributed by atoms with E-state index in [0.717, 1.165) is 11.5 Å². The summed E-state index contributed by atoms with van der Waals surface area (Å²) in [7, 11) is 0. The Labute approximate surface area is 200 Å². The molecule has 0 unspecified atom stereocenters. The van der Waals surface area contributed by atoms with E-state index in [1.165, 1.54) is 33.8 Å². The topological polar surface area (TPSA) is 46.2 Å². The first-order valence-corrected chi connectivity index (χ1v) is 11.6. The fourth-order valence-corrected chi connectivity index (χ4v) is 5.23. The quantitative estimate of drug-likeness (QED) is 0.381. The van der Waals surface area contributed by atoms with Gasteiger partial charge in [-0.1, -0.05) is 18.2 Å². The average molecular weight is 457 g/mol. The van der Waals surface area contributed by atoms with E-state index in [-0.39, 0.29) is 12.1 Å². The van der Waals surface area contributed by atoms with Crippen molar-refractivity contribution in [2.24, 2.45) is 0 Å². The number of aryl methyl sites for hydroxylation is 2. The van der Waals surface area contributed by atoms with Gasteiger partial charge in [-0.15, -0.1) is 0 Å². The van der Waals surface area contributed by atoms with Crippen LogP contribution in [0.4, 0.5) is 0 Å². The Morgan fingerprint density at radius 2 is 1.88 bits per heavy atom. The summed E-state index contributed by atoms with van der Waals surface area (Å²) in [4.78, 5) is 6.89. The van der Waals surface area contributed by atoms with Gasteiger partial charge in [0.1, 0.15) is 5.76 Å². The highest BCUT2D eigenvalue weighted by molar-refractivity contribution is 7.80. The van der Waals surface area contributed by atoms with Gasteiger partial charge >= 0.3 is 0 Å². The second-order valence-electron chi connectivity index (χ2n) is 8.71. The fraction of sp³-hybridized carbons (Fsp3) is 0.259. The van der Waals surface area contributed by atoms with Gasteiger partial charge in [-0.3, -0.25) is 4.98 Å². The molecule has 3 aromatic heterocycles. The standard InChI is InChI=1S/C27H28N4OS/c1-17-9-7-12-24(19(17)3)31-18(2)15-22(20(31)4)26-25(23-11-5-6-13-28-23)29-27(33)30(26)16-21-10-8-14-32-21/h5-15,25-26H,16H2,1-4H3,(H,29,33)/t25-,26+/m1/s1. The van der Waals surface area contributed by atoms with E-state index in [0.29, 0.717) is 11.7 Å². The van der Waals surface area contributed by atoms with Crippen LogP contribution in [0.15, 0.2) is 71.5 Å². The maximum Gasteiger partial charge on any atom is 0.170 e. The Morgan fingerprint density at radius 1 is 1.03 bits per heavy atom. The molecule has 168 valence electrons. The van der Waals surface area contributed by atoms with Crippen LogP contribution in [0.5, 0.6) is 0 Å². The Morgan fingerprint density at radius 3 is 2.61 bits per heavy atom. The predicted molar refractivity (Wildman–Crippen MR) is 134 cm³/mol. The fourth-order valence-electron chi connectivity index (χ4n) is 4.92. The number of hydrogen-bond donors (Lipinski definition) is 1. The number of aromatic nitrogens is 2. The van der Waals surface area contributed by atoms with E-state index in [2.05, 4.69) is 77.8 Å². The van der Waals surface area contributed by atoms with E-state index in [1.54, 1.807) is 6.26 Å². The van der Waals surface area contributed by atoms with Crippen LogP contribution in [0.1, 0.15) is 51.6 Å². The first-order chi connectivity index (χ1) is 16.0. The molecule has 5 nitrogen and oxygen atoms in total. The third kappa shape index (κ3) is 3.74. The van der Waals surface area contributed by atoms with Gasteiger partial charge < -0.3 is 19.2 Å².